The summed E-state index contributed by atoms with van der Waals surface area (Å²) < 4.78 is 0. The number of hydrogen-bond acceptors (Lipinski definition) is 3. The zero-order chi connectivity index (χ0) is 7.15. The fourth-order valence-electron chi connectivity index (χ4n) is 0. The van der Waals surface area contributed by atoms with Crippen molar-refractivity contribution >= 4 is 11.9 Å². The van der Waals surface area contributed by atoms with Crippen LogP contribution in [0.2, 0.25) is 0 Å². The Bertz CT molecular complexity index is 78.1. The van der Waals surface area contributed by atoms with Gasteiger partial charge in [0.2, 0.25) is 0 Å². The van der Waals surface area contributed by atoms with E-state index in [1.54, 1.807) is 0 Å². The monoisotopic (exact) mass is 234 g/mol. The predicted octanol–water partition coefficient (Wildman–Crippen LogP) is -3.40. The minimum atomic E-state index is -1.08. The largest absolute Gasteiger partial charge is 1.00 e. The maximum absolute atomic E-state index is 9.00. The zero-order valence-corrected chi connectivity index (χ0v) is 8.64. The molecule has 0 aliphatic rings. The van der Waals surface area contributed by atoms with Gasteiger partial charge in [-0.2, -0.15) is 0 Å². The van der Waals surface area contributed by atoms with Gasteiger partial charge in [0.25, 0.3) is 5.97 Å². The van der Waals surface area contributed by atoms with Gasteiger partial charge in [-0.1, -0.05) is 0 Å². The topological polar surface area (TPSA) is 150 Å². The lowest BCUT2D eigenvalue weighted by molar-refractivity contribution is -0.302. The molecular weight excluding hydrogens is 220 g/mol. The van der Waals surface area contributed by atoms with Crippen LogP contribution in [0.25, 0.3) is 0 Å². The molecule has 0 saturated heterocycles. The first-order valence-corrected chi connectivity index (χ1v) is 1.84. The average molecular weight is 235 g/mol. The van der Waals surface area contributed by atoms with E-state index >= 15 is 0 Å². The van der Waals surface area contributed by atoms with Gasteiger partial charge in [-0.25, -0.2) is 0 Å². The molecule has 0 aliphatic heterocycles. The third-order valence-electron chi connectivity index (χ3n) is 0. The summed E-state index contributed by atoms with van der Waals surface area (Å²) in [5, 5.41) is 16.3. The van der Waals surface area contributed by atoms with Crippen molar-refractivity contribution in [2.24, 2.45) is 0 Å². The van der Waals surface area contributed by atoms with Crippen LogP contribution in [0.3, 0.4) is 0 Å². The van der Waals surface area contributed by atoms with Crippen LogP contribution >= 0.6 is 0 Å². The first kappa shape index (κ1) is 31.6. The van der Waals surface area contributed by atoms with E-state index in [0.717, 1.165) is 13.8 Å². The number of hydrogen-bond donors (Lipinski definition) is 3. The minimum absolute atomic E-state index is 0. The smallest absolute Gasteiger partial charge is 0.300 e. The van der Waals surface area contributed by atoms with Gasteiger partial charge in [0.1, 0.15) is 0 Å². The predicted molar refractivity (Wildman–Crippen MR) is 36.0 cm³/mol. The van der Waals surface area contributed by atoms with E-state index in [9.17, 15) is 0 Å². The molecule has 7 heteroatoms. The van der Waals surface area contributed by atoms with E-state index in [4.69, 9.17) is 19.8 Å². The molecular formula is C4H15BrN2O4. The molecule has 0 aromatic heterocycles. The molecule has 0 saturated carbocycles. The van der Waals surface area contributed by atoms with E-state index in [1.807, 2.05) is 0 Å². The SMILES string of the molecule is CC(=O)O.CC(=O)[O-].[Br-].[NH4+].[NH4+]. The highest BCUT2D eigenvalue weighted by molar-refractivity contribution is 5.62. The molecule has 0 spiro atoms. The van der Waals surface area contributed by atoms with Crippen molar-refractivity contribution in [2.45, 2.75) is 13.8 Å². The van der Waals surface area contributed by atoms with Crippen molar-refractivity contribution in [3.8, 4) is 0 Å². The molecule has 0 aromatic carbocycles. The standard InChI is InChI=1S/2C2H4O2.BrH.2H3N/c2*1-2(3)4;;;/h2*1H3,(H,3,4);1H;2*1H3. The lowest BCUT2D eigenvalue weighted by Gasteiger charge is -1.77. The van der Waals surface area contributed by atoms with Crippen LogP contribution in [0, 0.1) is 0 Å². The summed E-state index contributed by atoms with van der Waals surface area (Å²) in [4.78, 5) is 17.9. The molecule has 72 valence electrons. The summed E-state index contributed by atoms with van der Waals surface area (Å²) in [6.07, 6.45) is 0. The number of rotatable bonds is 0. The molecule has 6 nitrogen and oxygen atoms in total. The van der Waals surface area contributed by atoms with E-state index in [2.05, 4.69) is 0 Å². The number of carboxylic acids is 2. The van der Waals surface area contributed by atoms with Gasteiger partial charge >= 0.3 is 0 Å². The Morgan fingerprint density at radius 3 is 1.18 bits per heavy atom. The molecule has 0 heterocycles. The second-order valence-corrected chi connectivity index (χ2v) is 1.01. The van der Waals surface area contributed by atoms with Gasteiger partial charge in [0.15, 0.2) is 0 Å². The van der Waals surface area contributed by atoms with Crippen LogP contribution in [0.1, 0.15) is 13.8 Å². The van der Waals surface area contributed by atoms with Gasteiger partial charge in [0, 0.05) is 12.9 Å². The first-order valence-electron chi connectivity index (χ1n) is 1.84. The molecule has 0 aliphatic carbocycles. The second-order valence-electron chi connectivity index (χ2n) is 1.01. The Morgan fingerprint density at radius 1 is 1.18 bits per heavy atom. The first-order chi connectivity index (χ1) is 3.46. The van der Waals surface area contributed by atoms with Gasteiger partial charge in [-0.3, -0.25) is 4.79 Å². The van der Waals surface area contributed by atoms with Crippen molar-refractivity contribution < 1.29 is 36.8 Å². The fourth-order valence-corrected chi connectivity index (χ4v) is 0. The maximum atomic E-state index is 9.00. The van der Waals surface area contributed by atoms with Gasteiger partial charge in [0.05, 0.1) is 0 Å². The molecule has 9 N–H and O–H groups in total. The summed E-state index contributed by atoms with van der Waals surface area (Å²) in [6, 6.07) is 0. The van der Waals surface area contributed by atoms with Crippen molar-refractivity contribution in [1.82, 2.24) is 12.3 Å². The Morgan fingerprint density at radius 2 is 1.18 bits per heavy atom. The quantitative estimate of drug-likeness (QED) is 0.400. The van der Waals surface area contributed by atoms with Crippen molar-refractivity contribution in [3.63, 3.8) is 0 Å². The van der Waals surface area contributed by atoms with E-state index in [-0.39, 0.29) is 29.3 Å². The van der Waals surface area contributed by atoms with Crippen molar-refractivity contribution in [1.29, 1.82) is 0 Å². The maximum Gasteiger partial charge on any atom is 0.300 e. The summed E-state index contributed by atoms with van der Waals surface area (Å²) >= 11 is 0. The number of aliphatic carboxylic acids is 2. The van der Waals surface area contributed by atoms with Crippen LogP contribution < -0.4 is 34.4 Å². The van der Waals surface area contributed by atoms with Crippen molar-refractivity contribution in [2.75, 3.05) is 0 Å². The third kappa shape index (κ3) is 1160. The zero-order valence-electron chi connectivity index (χ0n) is 7.05. The van der Waals surface area contributed by atoms with E-state index in [1.165, 1.54) is 0 Å². The van der Waals surface area contributed by atoms with Crippen LogP contribution in [0.4, 0.5) is 0 Å². The number of carbonyl (C=O) groups is 2. The number of carbonyl (C=O) groups excluding carboxylic acids is 1. The van der Waals surface area contributed by atoms with Gasteiger partial charge < -0.3 is 44.3 Å². The summed E-state index contributed by atoms with van der Waals surface area (Å²) in [5.74, 6) is -1.92. The molecule has 11 heavy (non-hydrogen) atoms. The van der Waals surface area contributed by atoms with Crippen LogP contribution in [0.5, 0.6) is 0 Å². The Labute approximate surface area is 75.5 Å². The Balaban J connectivity index is -0.0000000171. The Kier molecular flexibility index (Phi) is 65.5. The normalized spacial score (nSPS) is 4.55. The number of carboxylic acid groups (broad SMARTS) is 2. The molecule has 0 atom stereocenters. The Hall–Kier alpha value is -0.660. The van der Waals surface area contributed by atoms with E-state index in [0.29, 0.717) is 0 Å². The lowest BCUT2D eigenvalue weighted by Crippen LogP contribution is -3.00. The van der Waals surface area contributed by atoms with E-state index < -0.39 is 11.9 Å². The third-order valence-corrected chi connectivity index (χ3v) is 0. The minimum Gasteiger partial charge on any atom is -1.00 e. The fraction of sp³-hybridized carbons (Fsp3) is 0.500. The van der Waals surface area contributed by atoms with Gasteiger partial charge in [-0.05, 0) is 6.92 Å². The average Bonchev–Trinajstić information content (AvgIpc) is 1.25. The highest BCUT2D eigenvalue weighted by atomic mass is 79.9. The molecule has 0 rings (SSSR count). The summed E-state index contributed by atoms with van der Waals surface area (Å²) in [6.45, 7) is 2.06. The lowest BCUT2D eigenvalue weighted by atomic mass is 10.9. The molecule has 0 amide bonds. The second kappa shape index (κ2) is 22.8. The molecule has 0 aromatic rings. The highest BCUT2D eigenvalue weighted by Crippen LogP contribution is 1.42. The number of quaternary nitrogens is 2. The van der Waals surface area contributed by atoms with Crippen LogP contribution in [-0.2, 0) is 9.59 Å². The van der Waals surface area contributed by atoms with Crippen LogP contribution in [0.15, 0.2) is 0 Å². The summed E-state index contributed by atoms with van der Waals surface area (Å²) in [7, 11) is 0. The van der Waals surface area contributed by atoms with Crippen LogP contribution in [-0.4, -0.2) is 17.0 Å². The van der Waals surface area contributed by atoms with Gasteiger partial charge in [-0.15, -0.1) is 0 Å². The molecule has 0 radical (unpaired) electrons. The molecule has 0 unspecified atom stereocenters. The molecule has 0 fully saturated rings. The number of halogens is 1. The highest BCUT2D eigenvalue weighted by Gasteiger charge is 1.65. The summed E-state index contributed by atoms with van der Waals surface area (Å²) in [5.41, 5.74) is 0. The van der Waals surface area contributed by atoms with Crippen molar-refractivity contribution in [3.05, 3.63) is 0 Å². The molecule has 0 bridgehead atoms.